The Labute approximate surface area is 174 Å². The lowest BCUT2D eigenvalue weighted by Crippen LogP contribution is -2.31. The van der Waals surface area contributed by atoms with E-state index in [1.165, 1.54) is 11.8 Å². The highest BCUT2D eigenvalue weighted by Gasteiger charge is 2.34. The highest BCUT2D eigenvalue weighted by Crippen LogP contribution is 2.42. The van der Waals surface area contributed by atoms with Gasteiger partial charge in [0.2, 0.25) is 5.91 Å². The van der Waals surface area contributed by atoms with Gasteiger partial charge in [0, 0.05) is 19.0 Å². The Morgan fingerprint density at radius 2 is 1.90 bits per heavy atom. The van der Waals surface area contributed by atoms with E-state index in [1.807, 2.05) is 47.4 Å². The van der Waals surface area contributed by atoms with Crippen molar-refractivity contribution < 1.29 is 9.21 Å². The minimum atomic E-state index is -0.319. The fraction of sp³-hybridized carbons (Fsp3) is 0.409. The van der Waals surface area contributed by atoms with Gasteiger partial charge in [-0.2, -0.15) is 0 Å². The first-order valence-electron chi connectivity index (χ1n) is 10.3. The lowest BCUT2D eigenvalue weighted by molar-refractivity contribution is -0.129. The second-order valence-electron chi connectivity index (χ2n) is 7.72. The molecule has 1 saturated heterocycles. The zero-order valence-corrected chi connectivity index (χ0v) is 17.1. The van der Waals surface area contributed by atoms with Crippen LogP contribution >= 0.6 is 11.8 Å². The van der Waals surface area contributed by atoms with Crippen LogP contribution in [-0.2, 0) is 11.3 Å². The highest BCUT2D eigenvalue weighted by atomic mass is 32.2. The summed E-state index contributed by atoms with van der Waals surface area (Å²) in [4.78, 5) is 15.3. The van der Waals surface area contributed by atoms with E-state index in [0.29, 0.717) is 12.5 Å². The second-order valence-corrected chi connectivity index (χ2v) is 8.79. The number of rotatable bonds is 7. The number of nitrogens with zero attached hydrogens (tertiary/aromatic N) is 4. The van der Waals surface area contributed by atoms with Crippen LogP contribution in [0.15, 0.2) is 58.3 Å². The molecule has 1 aromatic carbocycles. The molecule has 29 heavy (non-hydrogen) atoms. The molecule has 0 N–H and O–H groups in total. The van der Waals surface area contributed by atoms with E-state index >= 15 is 0 Å². The lowest BCUT2D eigenvalue weighted by atomic mass is 10.1. The maximum absolute atomic E-state index is 13.4. The molecule has 2 fully saturated rings. The van der Waals surface area contributed by atoms with Crippen LogP contribution in [0.5, 0.6) is 0 Å². The molecular formula is C22H24N4O2S. The number of aromatic nitrogens is 3. The topological polar surface area (TPSA) is 64.2 Å². The van der Waals surface area contributed by atoms with Crippen LogP contribution in [0.3, 0.4) is 0 Å². The first-order valence-corrected chi connectivity index (χ1v) is 11.1. The number of carbonyl (C=O) groups excluding carboxylic acids is 1. The molecule has 1 aliphatic carbocycles. The third kappa shape index (κ3) is 3.96. The summed E-state index contributed by atoms with van der Waals surface area (Å²) in [5.41, 5.74) is 1.01. The molecule has 6 nitrogen and oxygen atoms in total. The van der Waals surface area contributed by atoms with Gasteiger partial charge in [0.15, 0.2) is 5.16 Å². The molecule has 5 rings (SSSR count). The van der Waals surface area contributed by atoms with E-state index < -0.39 is 0 Å². The quantitative estimate of drug-likeness (QED) is 0.547. The minimum Gasteiger partial charge on any atom is -0.467 e. The third-order valence-corrected chi connectivity index (χ3v) is 6.77. The summed E-state index contributed by atoms with van der Waals surface area (Å²) in [6.07, 6.45) is 6.15. The normalized spacial score (nSPS) is 17.6. The number of benzene rings is 1. The van der Waals surface area contributed by atoms with Crippen molar-refractivity contribution in [1.29, 1.82) is 0 Å². The van der Waals surface area contributed by atoms with Crippen LogP contribution in [0.25, 0.3) is 0 Å². The summed E-state index contributed by atoms with van der Waals surface area (Å²) >= 11 is 1.51. The summed E-state index contributed by atoms with van der Waals surface area (Å²) in [7, 11) is 0. The molecule has 1 amide bonds. The average molecular weight is 409 g/mol. The summed E-state index contributed by atoms with van der Waals surface area (Å²) in [6, 6.07) is 13.9. The van der Waals surface area contributed by atoms with Crippen molar-refractivity contribution in [1.82, 2.24) is 19.7 Å². The van der Waals surface area contributed by atoms with Crippen molar-refractivity contribution >= 4 is 17.7 Å². The van der Waals surface area contributed by atoms with Crippen molar-refractivity contribution in [3.05, 3.63) is 65.9 Å². The molecule has 0 spiro atoms. The molecule has 2 aromatic heterocycles. The highest BCUT2D eigenvalue weighted by molar-refractivity contribution is 8.00. The zero-order chi connectivity index (χ0) is 19.6. The number of furan rings is 1. The average Bonchev–Trinajstić information content (AvgIpc) is 3.17. The van der Waals surface area contributed by atoms with Gasteiger partial charge < -0.3 is 9.32 Å². The first-order chi connectivity index (χ1) is 14.3. The Morgan fingerprint density at radius 3 is 2.59 bits per heavy atom. The number of likely N-dealkylation sites (tertiary alicyclic amines) is 1. The van der Waals surface area contributed by atoms with Gasteiger partial charge in [-0.3, -0.25) is 9.36 Å². The molecule has 0 bridgehead atoms. The predicted molar refractivity (Wildman–Crippen MR) is 111 cm³/mol. The molecule has 1 aliphatic heterocycles. The lowest BCUT2D eigenvalue weighted by Gasteiger charge is -2.23. The number of amides is 1. The molecule has 1 unspecified atom stereocenters. The van der Waals surface area contributed by atoms with Gasteiger partial charge in [-0.25, -0.2) is 0 Å². The standard InChI is InChI=1S/C22H24N4O2S/c27-21(25-12-4-5-13-25)19(16-7-2-1-3-8-16)29-22-24-23-20(17-10-11-17)26(22)15-18-9-6-14-28-18/h1-3,6-9,14,17,19H,4-5,10-13,15H2. The molecule has 1 atom stereocenters. The van der Waals surface area contributed by atoms with Crippen LogP contribution in [0.2, 0.25) is 0 Å². The van der Waals surface area contributed by atoms with Gasteiger partial charge in [-0.05, 0) is 43.4 Å². The zero-order valence-electron chi connectivity index (χ0n) is 16.2. The van der Waals surface area contributed by atoms with Crippen molar-refractivity contribution in [2.24, 2.45) is 0 Å². The number of hydrogen-bond acceptors (Lipinski definition) is 5. The van der Waals surface area contributed by atoms with E-state index in [4.69, 9.17) is 4.42 Å². The Bertz CT molecular complexity index is 960. The molecule has 3 aromatic rings. The van der Waals surface area contributed by atoms with Gasteiger partial charge >= 0.3 is 0 Å². The molecule has 150 valence electrons. The van der Waals surface area contributed by atoms with Gasteiger partial charge in [-0.1, -0.05) is 42.1 Å². The Hall–Kier alpha value is -2.54. The Balaban J connectivity index is 1.47. The van der Waals surface area contributed by atoms with Crippen LogP contribution in [0, 0.1) is 0 Å². The van der Waals surface area contributed by atoms with Crippen LogP contribution in [-0.4, -0.2) is 38.7 Å². The smallest absolute Gasteiger partial charge is 0.240 e. The van der Waals surface area contributed by atoms with Crippen molar-refractivity contribution in [3.8, 4) is 0 Å². The van der Waals surface area contributed by atoms with Crippen LogP contribution in [0.1, 0.15) is 54.0 Å². The summed E-state index contributed by atoms with van der Waals surface area (Å²) < 4.78 is 7.71. The molecule has 0 radical (unpaired) electrons. The third-order valence-electron chi connectivity index (χ3n) is 5.55. The second kappa shape index (κ2) is 8.06. The minimum absolute atomic E-state index is 0.166. The van der Waals surface area contributed by atoms with Crippen molar-refractivity contribution in [2.45, 2.75) is 48.6 Å². The maximum Gasteiger partial charge on any atom is 0.240 e. The van der Waals surface area contributed by atoms with Crippen LogP contribution in [0.4, 0.5) is 0 Å². The van der Waals surface area contributed by atoms with Crippen molar-refractivity contribution in [3.63, 3.8) is 0 Å². The van der Waals surface area contributed by atoms with E-state index in [9.17, 15) is 4.79 Å². The molecule has 3 heterocycles. The van der Waals surface area contributed by atoms with Crippen molar-refractivity contribution in [2.75, 3.05) is 13.1 Å². The van der Waals surface area contributed by atoms with E-state index in [1.54, 1.807) is 6.26 Å². The molecule has 1 saturated carbocycles. The van der Waals surface area contributed by atoms with E-state index in [2.05, 4.69) is 14.8 Å². The Kier molecular flexibility index (Phi) is 5.14. The van der Waals surface area contributed by atoms with Crippen LogP contribution < -0.4 is 0 Å². The summed E-state index contributed by atoms with van der Waals surface area (Å²) in [6.45, 7) is 2.28. The van der Waals surface area contributed by atoms with Gasteiger partial charge in [0.25, 0.3) is 0 Å². The van der Waals surface area contributed by atoms with Gasteiger partial charge in [0.1, 0.15) is 16.8 Å². The first kappa shape index (κ1) is 18.5. The maximum atomic E-state index is 13.4. The molecule has 2 aliphatic rings. The molecular weight excluding hydrogens is 384 g/mol. The summed E-state index contributed by atoms with van der Waals surface area (Å²) in [5.74, 6) is 2.51. The van der Waals surface area contributed by atoms with Gasteiger partial charge in [0.05, 0.1) is 12.8 Å². The Morgan fingerprint density at radius 1 is 1.10 bits per heavy atom. The van der Waals surface area contributed by atoms with E-state index in [0.717, 1.165) is 61.1 Å². The molecule has 7 heteroatoms. The van der Waals surface area contributed by atoms with Gasteiger partial charge in [-0.15, -0.1) is 10.2 Å². The predicted octanol–water partition coefficient (Wildman–Crippen LogP) is 4.25. The monoisotopic (exact) mass is 408 g/mol. The number of carbonyl (C=O) groups is 1. The fourth-order valence-electron chi connectivity index (χ4n) is 3.84. The number of thioether (sulfide) groups is 1. The SMILES string of the molecule is O=C(C(Sc1nnc(C2CC2)n1Cc1ccco1)c1ccccc1)N1CCCC1. The van der Waals surface area contributed by atoms with E-state index in [-0.39, 0.29) is 11.2 Å². The largest absolute Gasteiger partial charge is 0.467 e. The summed E-state index contributed by atoms with van der Waals surface area (Å²) in [5, 5.41) is 9.45. The fourth-order valence-corrected chi connectivity index (χ4v) is 4.96. The number of hydrogen-bond donors (Lipinski definition) is 0.